The molecule has 1 amide bonds. The second kappa shape index (κ2) is 9.80. The molecule has 7 heteroatoms. The molecule has 0 spiro atoms. The van der Waals surface area contributed by atoms with Crippen molar-refractivity contribution in [1.29, 1.82) is 0 Å². The zero-order valence-corrected chi connectivity index (χ0v) is 17.2. The summed E-state index contributed by atoms with van der Waals surface area (Å²) in [5.74, 6) is 0.977. The number of ether oxygens (including phenoxy) is 3. The van der Waals surface area contributed by atoms with Crippen LogP contribution in [0.2, 0.25) is 5.02 Å². The van der Waals surface area contributed by atoms with Gasteiger partial charge in [0.05, 0.1) is 30.3 Å². The quantitative estimate of drug-likeness (QED) is 0.606. The van der Waals surface area contributed by atoms with Crippen molar-refractivity contribution in [3.8, 4) is 11.5 Å². The molecule has 0 heterocycles. The molecule has 1 N–H and O–H groups in total. The summed E-state index contributed by atoms with van der Waals surface area (Å²) >= 11 is 9.47. The van der Waals surface area contributed by atoms with Gasteiger partial charge < -0.3 is 19.5 Å². The average Bonchev–Trinajstić information content (AvgIpc) is 2.63. The van der Waals surface area contributed by atoms with Crippen molar-refractivity contribution in [3.05, 3.63) is 57.0 Å². The minimum atomic E-state index is -0.247. The lowest BCUT2D eigenvalue weighted by atomic mass is 10.1. The van der Waals surface area contributed by atoms with Gasteiger partial charge in [0.2, 0.25) is 0 Å². The normalized spacial score (nSPS) is 11.7. The van der Waals surface area contributed by atoms with Gasteiger partial charge in [-0.3, -0.25) is 4.79 Å². The van der Waals surface area contributed by atoms with Gasteiger partial charge in [-0.2, -0.15) is 0 Å². The lowest BCUT2D eigenvalue weighted by Gasteiger charge is -2.17. The number of hydrogen-bond acceptors (Lipinski definition) is 4. The summed E-state index contributed by atoms with van der Waals surface area (Å²) in [7, 11) is 3.19. The van der Waals surface area contributed by atoms with E-state index in [1.54, 1.807) is 32.4 Å². The Labute approximate surface area is 166 Å². The third-order valence-electron chi connectivity index (χ3n) is 3.75. The van der Waals surface area contributed by atoms with E-state index in [2.05, 4.69) is 21.2 Å². The Kier molecular flexibility index (Phi) is 7.75. The van der Waals surface area contributed by atoms with Crippen LogP contribution >= 0.6 is 27.5 Å². The fraction of sp³-hybridized carbons (Fsp3) is 0.316. The third kappa shape index (κ3) is 5.37. The van der Waals surface area contributed by atoms with Crippen molar-refractivity contribution in [2.75, 3.05) is 27.4 Å². The molecule has 1 unspecified atom stereocenters. The van der Waals surface area contributed by atoms with E-state index in [9.17, 15) is 4.79 Å². The van der Waals surface area contributed by atoms with Crippen LogP contribution < -0.4 is 14.8 Å². The monoisotopic (exact) mass is 441 g/mol. The SMILES string of the molecule is COCCOc1ccc(C(C)NC(=O)c2cc(Br)ccc2Cl)cc1OC. The number of halogens is 2. The largest absolute Gasteiger partial charge is 0.493 e. The maximum Gasteiger partial charge on any atom is 0.253 e. The van der Waals surface area contributed by atoms with Gasteiger partial charge >= 0.3 is 0 Å². The van der Waals surface area contributed by atoms with E-state index in [0.29, 0.717) is 35.3 Å². The average molecular weight is 443 g/mol. The van der Waals surface area contributed by atoms with Crippen LogP contribution in [0.5, 0.6) is 11.5 Å². The molecule has 0 aromatic heterocycles. The fourth-order valence-corrected chi connectivity index (χ4v) is 2.90. The van der Waals surface area contributed by atoms with Crippen LogP contribution in [-0.4, -0.2) is 33.3 Å². The molecule has 140 valence electrons. The zero-order valence-electron chi connectivity index (χ0n) is 14.8. The highest BCUT2D eigenvalue weighted by Crippen LogP contribution is 2.30. The van der Waals surface area contributed by atoms with Gasteiger partial charge in [-0.25, -0.2) is 0 Å². The molecular formula is C19H21BrClNO4. The molecule has 0 saturated heterocycles. The van der Waals surface area contributed by atoms with Gasteiger partial charge in [0, 0.05) is 11.6 Å². The van der Waals surface area contributed by atoms with Crippen LogP contribution in [-0.2, 0) is 4.74 Å². The number of methoxy groups -OCH3 is 2. The summed E-state index contributed by atoms with van der Waals surface area (Å²) < 4.78 is 16.8. The molecule has 0 bridgehead atoms. The number of amides is 1. The molecule has 5 nitrogen and oxygen atoms in total. The van der Waals surface area contributed by atoms with Gasteiger partial charge in [0.25, 0.3) is 5.91 Å². The van der Waals surface area contributed by atoms with Gasteiger partial charge in [-0.1, -0.05) is 33.6 Å². The minimum Gasteiger partial charge on any atom is -0.493 e. The van der Waals surface area contributed by atoms with Crippen LogP contribution in [0.3, 0.4) is 0 Å². The third-order valence-corrected chi connectivity index (χ3v) is 4.58. The first-order valence-electron chi connectivity index (χ1n) is 8.01. The molecule has 0 radical (unpaired) electrons. The first-order valence-corrected chi connectivity index (χ1v) is 9.19. The summed E-state index contributed by atoms with van der Waals surface area (Å²) in [6.07, 6.45) is 0. The maximum absolute atomic E-state index is 12.5. The van der Waals surface area contributed by atoms with E-state index in [1.165, 1.54) is 0 Å². The van der Waals surface area contributed by atoms with Crippen LogP contribution in [0, 0.1) is 0 Å². The van der Waals surface area contributed by atoms with E-state index in [4.69, 9.17) is 25.8 Å². The van der Waals surface area contributed by atoms with Crippen LogP contribution in [0.4, 0.5) is 0 Å². The van der Waals surface area contributed by atoms with Gasteiger partial charge in [-0.05, 0) is 42.8 Å². The zero-order chi connectivity index (χ0) is 19.1. The highest BCUT2D eigenvalue weighted by Gasteiger charge is 2.16. The summed E-state index contributed by atoms with van der Waals surface area (Å²) in [4.78, 5) is 12.5. The van der Waals surface area contributed by atoms with Crippen molar-refractivity contribution < 1.29 is 19.0 Å². The predicted molar refractivity (Wildman–Crippen MR) is 105 cm³/mol. The Balaban J connectivity index is 2.12. The smallest absolute Gasteiger partial charge is 0.253 e. The first kappa shape index (κ1) is 20.6. The lowest BCUT2D eigenvalue weighted by molar-refractivity contribution is 0.0940. The van der Waals surface area contributed by atoms with E-state index in [-0.39, 0.29) is 11.9 Å². The number of carbonyl (C=O) groups excluding carboxylic acids is 1. The molecule has 0 aliphatic rings. The summed E-state index contributed by atoms with van der Waals surface area (Å²) in [6, 6.07) is 10.5. The van der Waals surface area contributed by atoms with Gasteiger partial charge in [0.15, 0.2) is 11.5 Å². The molecule has 2 rings (SSSR count). The van der Waals surface area contributed by atoms with Crippen molar-refractivity contribution in [1.82, 2.24) is 5.32 Å². The summed E-state index contributed by atoms with van der Waals surface area (Å²) in [6.45, 7) is 2.81. The molecule has 2 aromatic rings. The number of carbonyl (C=O) groups is 1. The van der Waals surface area contributed by atoms with Crippen LogP contribution in [0.25, 0.3) is 0 Å². The van der Waals surface area contributed by atoms with Crippen LogP contribution in [0.15, 0.2) is 40.9 Å². The Hall–Kier alpha value is -1.76. The number of hydrogen-bond donors (Lipinski definition) is 1. The highest BCUT2D eigenvalue weighted by atomic mass is 79.9. The molecule has 2 aromatic carbocycles. The van der Waals surface area contributed by atoms with E-state index >= 15 is 0 Å². The second-order valence-corrected chi connectivity index (χ2v) is 6.89. The molecule has 26 heavy (non-hydrogen) atoms. The van der Waals surface area contributed by atoms with Crippen molar-refractivity contribution in [3.63, 3.8) is 0 Å². The molecule has 1 atom stereocenters. The Bertz CT molecular complexity index is 769. The minimum absolute atomic E-state index is 0.237. The Morgan fingerprint density at radius 1 is 1.15 bits per heavy atom. The molecular weight excluding hydrogens is 422 g/mol. The summed E-state index contributed by atoms with van der Waals surface area (Å²) in [5, 5.41) is 3.34. The number of rotatable bonds is 8. The Morgan fingerprint density at radius 2 is 1.92 bits per heavy atom. The van der Waals surface area contributed by atoms with E-state index < -0.39 is 0 Å². The molecule has 0 saturated carbocycles. The molecule has 0 aliphatic heterocycles. The number of nitrogens with one attached hydrogen (secondary N) is 1. The lowest BCUT2D eigenvalue weighted by Crippen LogP contribution is -2.27. The van der Waals surface area contributed by atoms with Gasteiger partial charge in [0.1, 0.15) is 6.61 Å². The van der Waals surface area contributed by atoms with E-state index in [0.717, 1.165) is 10.0 Å². The number of benzene rings is 2. The van der Waals surface area contributed by atoms with E-state index in [1.807, 2.05) is 25.1 Å². The summed E-state index contributed by atoms with van der Waals surface area (Å²) in [5.41, 5.74) is 1.31. The topological polar surface area (TPSA) is 56.8 Å². The highest BCUT2D eigenvalue weighted by molar-refractivity contribution is 9.10. The van der Waals surface area contributed by atoms with Crippen molar-refractivity contribution in [2.45, 2.75) is 13.0 Å². The predicted octanol–water partition coefficient (Wildman–Crippen LogP) is 4.63. The van der Waals surface area contributed by atoms with Crippen LogP contribution in [0.1, 0.15) is 28.9 Å². The van der Waals surface area contributed by atoms with Crippen molar-refractivity contribution in [2.24, 2.45) is 0 Å². The molecule has 0 fully saturated rings. The second-order valence-electron chi connectivity index (χ2n) is 5.57. The maximum atomic E-state index is 12.5. The Morgan fingerprint density at radius 3 is 2.62 bits per heavy atom. The van der Waals surface area contributed by atoms with Gasteiger partial charge in [-0.15, -0.1) is 0 Å². The fourth-order valence-electron chi connectivity index (χ4n) is 2.34. The molecule has 0 aliphatic carbocycles. The standard InChI is InChI=1S/C19H21BrClNO4/c1-12(22-19(23)15-11-14(20)5-6-16(15)21)13-4-7-17(18(10-13)25-3)26-9-8-24-2/h4-7,10-12H,8-9H2,1-3H3,(H,22,23). The van der Waals surface area contributed by atoms with Crippen molar-refractivity contribution >= 4 is 33.4 Å². The first-order chi connectivity index (χ1) is 12.5.